The normalized spacial score (nSPS) is 10.2. The van der Waals surface area contributed by atoms with E-state index >= 15 is 0 Å². The zero-order valence-corrected chi connectivity index (χ0v) is 10.5. The van der Waals surface area contributed by atoms with Crippen molar-refractivity contribution in [2.45, 2.75) is 19.3 Å². The van der Waals surface area contributed by atoms with Gasteiger partial charge in [0.2, 0.25) is 0 Å². The largest absolute Gasteiger partial charge is 0.381 e. The molecule has 0 radical (unpaired) electrons. The van der Waals surface area contributed by atoms with Gasteiger partial charge in [-0.2, -0.15) is 0 Å². The van der Waals surface area contributed by atoms with Gasteiger partial charge in [-0.15, -0.1) is 11.6 Å². The molecule has 0 fully saturated rings. The predicted molar refractivity (Wildman–Crippen MR) is 72.3 cm³/mol. The van der Waals surface area contributed by atoms with E-state index < -0.39 is 0 Å². The Morgan fingerprint density at radius 3 is 2.82 bits per heavy atom. The van der Waals surface area contributed by atoms with E-state index in [2.05, 4.69) is 22.4 Å². The van der Waals surface area contributed by atoms with Gasteiger partial charge in [0.15, 0.2) is 0 Å². The van der Waals surface area contributed by atoms with Crippen molar-refractivity contribution in [2.75, 3.05) is 5.32 Å². The van der Waals surface area contributed by atoms with E-state index in [1.54, 1.807) is 0 Å². The first-order chi connectivity index (χ1) is 8.28. The van der Waals surface area contributed by atoms with Gasteiger partial charge in [0.05, 0.1) is 0 Å². The number of rotatable bonds is 4. The molecule has 17 heavy (non-hydrogen) atoms. The Kier molecular flexibility index (Phi) is 3.99. The number of alkyl halides is 1. The lowest BCUT2D eigenvalue weighted by Crippen LogP contribution is -2.00. The van der Waals surface area contributed by atoms with Crippen molar-refractivity contribution in [1.29, 1.82) is 0 Å². The van der Waals surface area contributed by atoms with Gasteiger partial charge in [-0.3, -0.25) is 4.98 Å². The van der Waals surface area contributed by atoms with Crippen molar-refractivity contribution in [2.24, 2.45) is 0 Å². The number of pyridine rings is 1. The van der Waals surface area contributed by atoms with Crippen LogP contribution in [0.5, 0.6) is 0 Å². The molecule has 88 valence electrons. The molecule has 0 unspecified atom stereocenters. The van der Waals surface area contributed by atoms with Crippen LogP contribution in [0.1, 0.15) is 16.7 Å². The van der Waals surface area contributed by atoms with Crippen molar-refractivity contribution >= 4 is 17.3 Å². The lowest BCUT2D eigenvalue weighted by Gasteiger charge is -2.07. The van der Waals surface area contributed by atoms with E-state index in [1.165, 1.54) is 11.1 Å². The predicted octanol–water partition coefficient (Wildman–Crippen LogP) is 3.74. The lowest BCUT2D eigenvalue weighted by molar-refractivity contribution is 1.10. The average Bonchev–Trinajstić information content (AvgIpc) is 2.37. The minimum Gasteiger partial charge on any atom is -0.381 e. The molecule has 0 aliphatic carbocycles. The van der Waals surface area contributed by atoms with E-state index in [-0.39, 0.29) is 0 Å². The molecule has 0 spiro atoms. The van der Waals surface area contributed by atoms with Crippen LogP contribution in [0.25, 0.3) is 0 Å². The highest BCUT2D eigenvalue weighted by atomic mass is 35.5. The molecule has 0 bridgehead atoms. The molecule has 1 aromatic heterocycles. The van der Waals surface area contributed by atoms with E-state index in [1.807, 2.05) is 37.5 Å². The van der Waals surface area contributed by atoms with Gasteiger partial charge >= 0.3 is 0 Å². The Morgan fingerprint density at radius 1 is 1.18 bits per heavy atom. The third-order valence-electron chi connectivity index (χ3n) is 2.51. The molecule has 0 aliphatic rings. The summed E-state index contributed by atoms with van der Waals surface area (Å²) in [6, 6.07) is 10.3. The molecule has 1 heterocycles. The second-order valence-electron chi connectivity index (χ2n) is 4.06. The third-order valence-corrected chi connectivity index (χ3v) is 2.82. The Labute approximate surface area is 107 Å². The van der Waals surface area contributed by atoms with Crippen molar-refractivity contribution in [1.82, 2.24) is 4.98 Å². The Bertz CT molecular complexity index is 497. The summed E-state index contributed by atoms with van der Waals surface area (Å²) in [4.78, 5) is 4.17. The SMILES string of the molecule is Cc1cncc(CNc2cccc(CCl)c2)c1. The zero-order valence-electron chi connectivity index (χ0n) is 9.78. The molecular formula is C14H15ClN2. The number of hydrogen-bond donors (Lipinski definition) is 1. The molecule has 0 saturated carbocycles. The van der Waals surface area contributed by atoms with Gasteiger partial charge in [-0.05, 0) is 35.7 Å². The van der Waals surface area contributed by atoms with Crippen LogP contribution in [0.3, 0.4) is 0 Å². The third kappa shape index (κ3) is 3.46. The van der Waals surface area contributed by atoms with Gasteiger partial charge < -0.3 is 5.32 Å². The van der Waals surface area contributed by atoms with E-state index in [0.717, 1.165) is 17.8 Å². The van der Waals surface area contributed by atoms with Crippen LogP contribution >= 0.6 is 11.6 Å². The first kappa shape index (κ1) is 11.9. The molecule has 2 aromatic rings. The molecule has 0 saturated heterocycles. The van der Waals surface area contributed by atoms with Gasteiger partial charge in [-0.1, -0.05) is 18.2 Å². The second kappa shape index (κ2) is 5.69. The summed E-state index contributed by atoms with van der Waals surface area (Å²) in [7, 11) is 0. The van der Waals surface area contributed by atoms with Crippen molar-refractivity contribution in [3.63, 3.8) is 0 Å². The van der Waals surface area contributed by atoms with E-state index in [0.29, 0.717) is 5.88 Å². The van der Waals surface area contributed by atoms with E-state index in [9.17, 15) is 0 Å². The Morgan fingerprint density at radius 2 is 2.06 bits per heavy atom. The first-order valence-electron chi connectivity index (χ1n) is 5.57. The first-order valence-corrected chi connectivity index (χ1v) is 6.10. The maximum Gasteiger partial charge on any atom is 0.0474 e. The highest BCUT2D eigenvalue weighted by molar-refractivity contribution is 6.17. The molecule has 2 nitrogen and oxygen atoms in total. The van der Waals surface area contributed by atoms with Gasteiger partial charge in [-0.25, -0.2) is 0 Å². The van der Waals surface area contributed by atoms with Gasteiger partial charge in [0, 0.05) is 30.5 Å². The fourth-order valence-electron chi connectivity index (χ4n) is 1.68. The highest BCUT2D eigenvalue weighted by Gasteiger charge is 1.96. The number of anilines is 1. The van der Waals surface area contributed by atoms with Crippen molar-refractivity contribution in [3.8, 4) is 0 Å². The lowest BCUT2D eigenvalue weighted by atomic mass is 10.2. The number of nitrogens with one attached hydrogen (secondary N) is 1. The second-order valence-corrected chi connectivity index (χ2v) is 4.33. The fourth-order valence-corrected chi connectivity index (χ4v) is 1.85. The smallest absolute Gasteiger partial charge is 0.0474 e. The molecule has 3 heteroatoms. The molecule has 1 N–H and O–H groups in total. The number of aryl methyl sites for hydroxylation is 1. The van der Waals surface area contributed by atoms with Crippen LogP contribution in [0.2, 0.25) is 0 Å². The summed E-state index contributed by atoms with van der Waals surface area (Å²) in [6.45, 7) is 2.82. The number of nitrogens with zero attached hydrogens (tertiary/aromatic N) is 1. The van der Waals surface area contributed by atoms with E-state index in [4.69, 9.17) is 11.6 Å². The standard InChI is InChI=1S/C14H15ClN2/c1-11-5-13(9-16-8-11)10-17-14-4-2-3-12(6-14)7-15/h2-6,8-9,17H,7,10H2,1H3. The maximum atomic E-state index is 5.80. The number of hydrogen-bond acceptors (Lipinski definition) is 2. The summed E-state index contributed by atoms with van der Waals surface area (Å²) in [6.07, 6.45) is 3.74. The van der Waals surface area contributed by atoms with Gasteiger partial charge in [0.25, 0.3) is 0 Å². The minimum atomic E-state index is 0.543. The fraction of sp³-hybridized carbons (Fsp3) is 0.214. The van der Waals surface area contributed by atoms with Crippen LogP contribution in [0.15, 0.2) is 42.7 Å². The summed E-state index contributed by atoms with van der Waals surface area (Å²) < 4.78 is 0. The highest BCUT2D eigenvalue weighted by Crippen LogP contribution is 2.13. The summed E-state index contributed by atoms with van der Waals surface area (Å²) in [5, 5.41) is 3.36. The van der Waals surface area contributed by atoms with Crippen molar-refractivity contribution in [3.05, 3.63) is 59.4 Å². The van der Waals surface area contributed by atoms with Crippen LogP contribution in [-0.4, -0.2) is 4.98 Å². The van der Waals surface area contributed by atoms with Crippen molar-refractivity contribution < 1.29 is 0 Å². The molecule has 1 aromatic carbocycles. The Hall–Kier alpha value is -1.54. The molecular weight excluding hydrogens is 232 g/mol. The van der Waals surface area contributed by atoms with Crippen LogP contribution in [0, 0.1) is 6.92 Å². The number of halogens is 1. The minimum absolute atomic E-state index is 0.543. The number of benzene rings is 1. The Balaban J connectivity index is 2.02. The van der Waals surface area contributed by atoms with Crippen LogP contribution < -0.4 is 5.32 Å². The number of aromatic nitrogens is 1. The van der Waals surface area contributed by atoms with Crippen LogP contribution in [-0.2, 0) is 12.4 Å². The monoisotopic (exact) mass is 246 g/mol. The molecule has 0 amide bonds. The average molecular weight is 247 g/mol. The maximum absolute atomic E-state index is 5.80. The molecule has 0 aliphatic heterocycles. The summed E-state index contributed by atoms with van der Waals surface area (Å²) in [5.74, 6) is 0.543. The molecule has 2 rings (SSSR count). The molecule has 0 atom stereocenters. The quantitative estimate of drug-likeness (QED) is 0.832. The zero-order chi connectivity index (χ0) is 12.1. The topological polar surface area (TPSA) is 24.9 Å². The van der Waals surface area contributed by atoms with Gasteiger partial charge in [0.1, 0.15) is 0 Å². The summed E-state index contributed by atoms with van der Waals surface area (Å²) >= 11 is 5.80. The summed E-state index contributed by atoms with van der Waals surface area (Å²) in [5.41, 5.74) is 4.57. The van der Waals surface area contributed by atoms with Crippen LogP contribution in [0.4, 0.5) is 5.69 Å².